The van der Waals surface area contributed by atoms with Crippen molar-refractivity contribution in [3.8, 4) is 0 Å². The number of carbonyl (C=O) groups excluding carboxylic acids is 1. The molecule has 0 bridgehead atoms. The van der Waals surface area contributed by atoms with Crippen LogP contribution in [-0.4, -0.2) is 41.6 Å². The Labute approximate surface area is 111 Å². The average molecular weight is 281 g/mol. The van der Waals surface area contributed by atoms with Crippen molar-refractivity contribution in [3.63, 3.8) is 0 Å². The van der Waals surface area contributed by atoms with Gasteiger partial charge in [-0.25, -0.2) is 8.78 Å². The molecular weight excluding hydrogens is 260 g/mol. The molecule has 6 heteroatoms. The minimum atomic E-state index is -2.60. The van der Waals surface area contributed by atoms with Gasteiger partial charge in [0.05, 0.1) is 0 Å². The summed E-state index contributed by atoms with van der Waals surface area (Å²) in [4.78, 5) is 11.9. The van der Waals surface area contributed by atoms with Crippen LogP contribution in [0.2, 0.25) is 0 Å². The maximum Gasteiger partial charge on any atom is 0.248 e. The first-order valence-electron chi connectivity index (χ1n) is 6.26. The van der Waals surface area contributed by atoms with Crippen LogP contribution in [0, 0.1) is 5.92 Å². The summed E-state index contributed by atoms with van der Waals surface area (Å²) in [5, 5.41) is 11.7. The number of carbonyl (C=O) groups is 1. The Bertz CT molecular complexity index is 261. The van der Waals surface area contributed by atoms with Crippen LogP contribution in [0.1, 0.15) is 32.1 Å². The van der Waals surface area contributed by atoms with Gasteiger partial charge < -0.3 is 10.4 Å². The molecule has 1 amide bonds. The number of amides is 1. The smallest absolute Gasteiger partial charge is 0.248 e. The Balaban J connectivity index is 2.39. The lowest BCUT2D eigenvalue weighted by atomic mass is 9.86. The molecule has 2 N–H and O–H groups in total. The number of aliphatic hydroxyl groups excluding tert-OH is 1. The number of halogens is 2. The molecule has 1 atom stereocenters. The average Bonchev–Trinajstić information content (AvgIpc) is 2.29. The van der Waals surface area contributed by atoms with E-state index in [0.717, 1.165) is 5.75 Å². The highest BCUT2D eigenvalue weighted by atomic mass is 32.2. The molecule has 0 spiro atoms. The molecule has 18 heavy (non-hydrogen) atoms. The highest BCUT2D eigenvalue weighted by molar-refractivity contribution is 7.98. The summed E-state index contributed by atoms with van der Waals surface area (Å²) in [6.07, 6.45) is 2.55. The first kappa shape index (κ1) is 15.7. The van der Waals surface area contributed by atoms with E-state index in [-0.39, 0.29) is 50.2 Å². The van der Waals surface area contributed by atoms with Crippen LogP contribution in [-0.2, 0) is 4.79 Å². The third-order valence-corrected chi connectivity index (χ3v) is 4.02. The maximum atomic E-state index is 13.0. The molecule has 0 radical (unpaired) electrons. The van der Waals surface area contributed by atoms with Crippen molar-refractivity contribution in [2.24, 2.45) is 5.92 Å². The molecule has 1 rings (SSSR count). The van der Waals surface area contributed by atoms with Crippen molar-refractivity contribution >= 4 is 17.7 Å². The summed E-state index contributed by atoms with van der Waals surface area (Å²) in [5.41, 5.74) is 0. The van der Waals surface area contributed by atoms with Crippen LogP contribution in [0.15, 0.2) is 0 Å². The SMILES string of the molecule is CSC[C@@H](CCO)NC(=O)C1CCC(F)(F)CC1. The van der Waals surface area contributed by atoms with Gasteiger partial charge in [-0.05, 0) is 25.5 Å². The van der Waals surface area contributed by atoms with Gasteiger partial charge in [-0.3, -0.25) is 4.79 Å². The number of alkyl halides is 2. The molecule has 1 aliphatic carbocycles. The zero-order valence-electron chi connectivity index (χ0n) is 10.6. The third kappa shape index (κ3) is 5.10. The Morgan fingerprint density at radius 2 is 2.11 bits per heavy atom. The molecule has 0 aromatic rings. The number of thioether (sulfide) groups is 1. The monoisotopic (exact) mass is 281 g/mol. The van der Waals surface area contributed by atoms with Gasteiger partial charge in [-0.2, -0.15) is 11.8 Å². The molecule has 106 valence electrons. The second-order valence-electron chi connectivity index (χ2n) is 4.80. The van der Waals surface area contributed by atoms with Crippen LogP contribution in [0.25, 0.3) is 0 Å². The predicted octanol–water partition coefficient (Wildman–Crippen LogP) is 2.04. The van der Waals surface area contributed by atoms with Crippen molar-refractivity contribution in [2.45, 2.75) is 44.1 Å². The Hall–Kier alpha value is -0.360. The van der Waals surface area contributed by atoms with E-state index in [1.165, 1.54) is 0 Å². The fourth-order valence-electron chi connectivity index (χ4n) is 2.18. The minimum Gasteiger partial charge on any atom is -0.396 e. The van der Waals surface area contributed by atoms with E-state index in [2.05, 4.69) is 5.32 Å². The van der Waals surface area contributed by atoms with Crippen molar-refractivity contribution in [3.05, 3.63) is 0 Å². The van der Waals surface area contributed by atoms with E-state index >= 15 is 0 Å². The minimum absolute atomic E-state index is 0.0221. The van der Waals surface area contributed by atoms with E-state index < -0.39 is 5.92 Å². The molecule has 1 aliphatic rings. The molecule has 0 saturated heterocycles. The molecule has 0 aromatic heterocycles. The topological polar surface area (TPSA) is 49.3 Å². The van der Waals surface area contributed by atoms with Gasteiger partial charge in [0, 0.05) is 37.2 Å². The van der Waals surface area contributed by atoms with Crippen LogP contribution in [0.5, 0.6) is 0 Å². The Kier molecular flexibility index (Phi) is 6.35. The fourth-order valence-corrected chi connectivity index (χ4v) is 2.83. The van der Waals surface area contributed by atoms with Gasteiger partial charge in [0.15, 0.2) is 0 Å². The van der Waals surface area contributed by atoms with E-state index in [1.54, 1.807) is 11.8 Å². The number of hydrogen-bond acceptors (Lipinski definition) is 3. The molecule has 1 saturated carbocycles. The van der Waals surface area contributed by atoms with Crippen LogP contribution < -0.4 is 5.32 Å². The van der Waals surface area contributed by atoms with Crippen LogP contribution in [0.4, 0.5) is 8.78 Å². The predicted molar refractivity (Wildman–Crippen MR) is 68.9 cm³/mol. The summed E-state index contributed by atoms with van der Waals surface area (Å²) in [7, 11) is 0. The summed E-state index contributed by atoms with van der Waals surface area (Å²) in [6.45, 7) is 0.0221. The van der Waals surface area contributed by atoms with E-state index in [0.29, 0.717) is 6.42 Å². The zero-order valence-corrected chi connectivity index (χ0v) is 11.4. The zero-order chi connectivity index (χ0) is 13.6. The van der Waals surface area contributed by atoms with Crippen molar-refractivity contribution in [1.29, 1.82) is 0 Å². The van der Waals surface area contributed by atoms with Gasteiger partial charge in [-0.1, -0.05) is 0 Å². The Morgan fingerprint density at radius 3 is 2.61 bits per heavy atom. The lowest BCUT2D eigenvalue weighted by Gasteiger charge is -2.28. The molecule has 0 aliphatic heterocycles. The third-order valence-electron chi connectivity index (χ3n) is 3.28. The summed E-state index contributed by atoms with van der Waals surface area (Å²) < 4.78 is 26.0. The first-order chi connectivity index (χ1) is 8.48. The van der Waals surface area contributed by atoms with Crippen molar-refractivity contribution in [1.82, 2.24) is 5.32 Å². The molecule has 0 heterocycles. The van der Waals surface area contributed by atoms with E-state index in [9.17, 15) is 13.6 Å². The lowest BCUT2D eigenvalue weighted by molar-refractivity contribution is -0.129. The molecular formula is C12H21F2NO2S. The van der Waals surface area contributed by atoms with Gasteiger partial charge >= 0.3 is 0 Å². The highest BCUT2D eigenvalue weighted by Gasteiger charge is 2.37. The van der Waals surface area contributed by atoms with Crippen LogP contribution >= 0.6 is 11.8 Å². The summed E-state index contributed by atoms with van der Waals surface area (Å²) >= 11 is 1.59. The molecule has 3 nitrogen and oxygen atoms in total. The maximum absolute atomic E-state index is 13.0. The fraction of sp³-hybridized carbons (Fsp3) is 0.917. The molecule has 1 fully saturated rings. The first-order valence-corrected chi connectivity index (χ1v) is 7.66. The van der Waals surface area contributed by atoms with Crippen molar-refractivity contribution in [2.75, 3.05) is 18.6 Å². The van der Waals surface area contributed by atoms with Gasteiger partial charge in [-0.15, -0.1) is 0 Å². The van der Waals surface area contributed by atoms with Crippen LogP contribution in [0.3, 0.4) is 0 Å². The van der Waals surface area contributed by atoms with Crippen molar-refractivity contribution < 1.29 is 18.7 Å². The second-order valence-corrected chi connectivity index (χ2v) is 5.71. The number of nitrogens with one attached hydrogen (secondary N) is 1. The molecule has 0 unspecified atom stereocenters. The van der Waals surface area contributed by atoms with E-state index in [1.807, 2.05) is 6.26 Å². The quantitative estimate of drug-likeness (QED) is 0.783. The van der Waals surface area contributed by atoms with Gasteiger partial charge in [0.2, 0.25) is 11.8 Å². The molecule has 0 aromatic carbocycles. The number of rotatable bonds is 6. The summed E-state index contributed by atoms with van der Waals surface area (Å²) in [6, 6.07) is -0.0695. The number of aliphatic hydroxyl groups is 1. The second kappa shape index (κ2) is 7.28. The normalized spacial score (nSPS) is 21.6. The van der Waals surface area contributed by atoms with Gasteiger partial charge in [0.1, 0.15) is 0 Å². The lowest BCUT2D eigenvalue weighted by Crippen LogP contribution is -2.42. The van der Waals surface area contributed by atoms with Gasteiger partial charge in [0.25, 0.3) is 0 Å². The summed E-state index contributed by atoms with van der Waals surface area (Å²) in [5.74, 6) is -2.30. The number of hydrogen-bond donors (Lipinski definition) is 2. The van der Waals surface area contributed by atoms with E-state index in [4.69, 9.17) is 5.11 Å². The highest BCUT2D eigenvalue weighted by Crippen LogP contribution is 2.36. The largest absolute Gasteiger partial charge is 0.396 e. The standard InChI is InChI=1S/C12H21F2NO2S/c1-18-8-10(4-7-16)15-11(17)9-2-5-12(13,14)6-3-9/h9-10,16H,2-8H2,1H3,(H,15,17)/t10-/m1/s1. The Morgan fingerprint density at radius 1 is 1.50 bits per heavy atom.